The Kier molecular flexibility index (Phi) is 8.69. The van der Waals surface area contributed by atoms with Crippen LogP contribution in [0.1, 0.15) is 76.5 Å². The molecule has 1 fully saturated rings. The van der Waals surface area contributed by atoms with Crippen LogP contribution in [-0.2, 0) is 29.9 Å². The Morgan fingerprint density at radius 3 is 2.39 bits per heavy atom. The predicted octanol–water partition coefficient (Wildman–Crippen LogP) is 5.91. The number of carbonyl (C=O) groups is 2. The monoisotopic (exact) mass is 717 g/mol. The maximum absolute atomic E-state index is 15.2. The van der Waals surface area contributed by atoms with E-state index in [1.807, 2.05) is 0 Å². The summed E-state index contributed by atoms with van der Waals surface area (Å²) in [6.07, 6.45) is -5.65. The number of aliphatic hydroxyl groups is 1. The molecule has 266 valence electrons. The number of halogens is 8. The fourth-order valence-electron chi connectivity index (χ4n) is 6.30. The van der Waals surface area contributed by atoms with Crippen molar-refractivity contribution in [2.24, 2.45) is 11.7 Å². The first kappa shape index (κ1) is 35.5. The number of alkyl halides is 5. The highest BCUT2D eigenvalue weighted by Gasteiger charge is 2.68. The molecule has 0 spiro atoms. The number of hydrogen-bond acceptors (Lipinski definition) is 5. The van der Waals surface area contributed by atoms with Gasteiger partial charge in [-0.25, -0.2) is 18.2 Å². The Labute approximate surface area is 284 Å². The van der Waals surface area contributed by atoms with Gasteiger partial charge in [-0.15, -0.1) is 0 Å². The van der Waals surface area contributed by atoms with E-state index >= 15 is 8.78 Å². The van der Waals surface area contributed by atoms with Gasteiger partial charge in [0.1, 0.15) is 41.0 Å². The fourth-order valence-corrected chi connectivity index (χ4v) is 6.30. The molecular weight excluding hydrogens is 690 g/mol. The highest BCUT2D eigenvalue weighted by molar-refractivity contribution is 5.94. The molecule has 51 heavy (non-hydrogen) atoms. The van der Waals surface area contributed by atoms with Crippen LogP contribution in [-0.4, -0.2) is 37.3 Å². The highest BCUT2D eigenvalue weighted by Crippen LogP contribution is 2.68. The van der Waals surface area contributed by atoms with Crippen molar-refractivity contribution in [1.82, 2.24) is 20.1 Å². The van der Waals surface area contributed by atoms with Gasteiger partial charge in [-0.1, -0.05) is 12.0 Å². The largest absolute Gasteiger partial charge is 0.435 e. The number of carbonyl (C=O) groups excluding carboxylic acids is 2. The summed E-state index contributed by atoms with van der Waals surface area (Å²) in [5.41, 5.74) is 0.322. The van der Waals surface area contributed by atoms with Crippen molar-refractivity contribution in [2.75, 3.05) is 0 Å². The zero-order valence-electron chi connectivity index (χ0n) is 26.7. The number of nitrogens with two attached hydrogens (primary N) is 1. The first-order valence-electron chi connectivity index (χ1n) is 15.4. The van der Waals surface area contributed by atoms with E-state index in [-0.39, 0.29) is 34.5 Å². The quantitative estimate of drug-likeness (QED) is 0.155. The zero-order valence-corrected chi connectivity index (χ0v) is 26.7. The number of nitrogens with zero attached hydrogens (tertiary/aromatic N) is 3. The lowest BCUT2D eigenvalue weighted by Gasteiger charge is -2.23. The number of pyridine rings is 1. The molecule has 0 aliphatic heterocycles. The van der Waals surface area contributed by atoms with Crippen LogP contribution in [0.5, 0.6) is 0 Å². The lowest BCUT2D eigenvalue weighted by atomic mass is 9.94. The molecule has 16 heteroatoms. The molecule has 0 saturated heterocycles. The van der Waals surface area contributed by atoms with E-state index in [0.29, 0.717) is 10.7 Å². The molecule has 1 unspecified atom stereocenters. The van der Waals surface area contributed by atoms with Crippen LogP contribution >= 0.6 is 0 Å². The normalized spacial score (nSPS) is 17.9. The molecule has 2 aliphatic carbocycles. The Morgan fingerprint density at radius 1 is 1.08 bits per heavy atom. The molecule has 8 nitrogen and oxygen atoms in total. The molecule has 2 heterocycles. The van der Waals surface area contributed by atoms with Crippen molar-refractivity contribution in [1.29, 1.82) is 0 Å². The van der Waals surface area contributed by atoms with Crippen molar-refractivity contribution in [3.05, 3.63) is 105 Å². The molecule has 6 rings (SSSR count). The van der Waals surface area contributed by atoms with Gasteiger partial charge in [0.05, 0.1) is 17.3 Å². The van der Waals surface area contributed by atoms with Crippen LogP contribution in [0.3, 0.4) is 0 Å². The molecule has 2 aliphatic rings. The minimum Gasteiger partial charge on any atom is -0.378 e. The van der Waals surface area contributed by atoms with E-state index in [1.54, 1.807) is 0 Å². The van der Waals surface area contributed by atoms with E-state index in [1.165, 1.54) is 32.0 Å². The summed E-state index contributed by atoms with van der Waals surface area (Å²) in [5, 5.41) is 16.0. The average Bonchev–Trinajstić information content (AvgIpc) is 3.67. The molecule has 4 aromatic rings. The van der Waals surface area contributed by atoms with Gasteiger partial charge in [-0.05, 0) is 86.1 Å². The number of rotatable bonds is 8. The lowest BCUT2D eigenvalue weighted by molar-refractivity contribution is -0.142. The minimum atomic E-state index is -5.08. The van der Waals surface area contributed by atoms with Gasteiger partial charge in [0, 0.05) is 23.1 Å². The number of amides is 2. The maximum atomic E-state index is 15.2. The number of aromatic nitrogens is 3. The number of fused-ring (bicyclic) bond motifs is 3. The summed E-state index contributed by atoms with van der Waals surface area (Å²) in [5.74, 6) is -6.03. The molecule has 3 atom stereocenters. The summed E-state index contributed by atoms with van der Waals surface area (Å²) >= 11 is 0. The smallest absolute Gasteiger partial charge is 0.378 e. The third-order valence-corrected chi connectivity index (χ3v) is 8.49. The third kappa shape index (κ3) is 7.16. The molecule has 4 N–H and O–H groups in total. The molecule has 2 aromatic heterocycles. The zero-order chi connectivity index (χ0) is 37.2. The minimum absolute atomic E-state index is 0.0105. The second-order valence-electron chi connectivity index (χ2n) is 12.9. The number of primary amides is 1. The van der Waals surface area contributed by atoms with Crippen LogP contribution in [0.4, 0.5) is 35.1 Å². The van der Waals surface area contributed by atoms with Crippen LogP contribution in [0.25, 0.3) is 11.1 Å². The van der Waals surface area contributed by atoms with Crippen LogP contribution < -0.4 is 11.1 Å². The van der Waals surface area contributed by atoms with Crippen LogP contribution in [0.15, 0.2) is 48.5 Å². The van der Waals surface area contributed by atoms with Crippen molar-refractivity contribution in [2.45, 2.75) is 62.9 Å². The van der Waals surface area contributed by atoms with Gasteiger partial charge in [-0.2, -0.15) is 27.1 Å². The third-order valence-electron chi connectivity index (χ3n) is 8.49. The molecule has 0 radical (unpaired) electrons. The first-order valence-corrected chi connectivity index (χ1v) is 15.4. The standard InChI is InChI=1S/C35H27F8N5O3/c1-33(2,51)8-7-20-4-5-21(17-3-6-25(38)23(12-17)32(44)50)29(45-20)26(11-16-9-18(36)13-19(37)10-16)46-27(49)15-48-31-28(30(47-48)35(41,42)43)22-14-24(22)34(31,39)40/h3-6,9-10,12-13,22,24,26,51H,11,14-15H2,1-2H3,(H2,44,50)(H,46,49)/t22-,24+,26?/m0/s1. The van der Waals surface area contributed by atoms with Crippen molar-refractivity contribution >= 4 is 11.8 Å². The van der Waals surface area contributed by atoms with Gasteiger partial charge < -0.3 is 16.2 Å². The lowest BCUT2D eigenvalue weighted by Crippen LogP contribution is -2.35. The Balaban J connectivity index is 1.46. The molecule has 0 bridgehead atoms. The average molecular weight is 718 g/mol. The summed E-state index contributed by atoms with van der Waals surface area (Å²) in [6.45, 7) is 1.69. The first-order chi connectivity index (χ1) is 23.7. The van der Waals surface area contributed by atoms with E-state index < -0.39 is 100 Å². The Hall–Kier alpha value is -5.30. The van der Waals surface area contributed by atoms with Crippen LogP contribution in [0, 0.1) is 35.2 Å². The molecule has 2 aromatic carbocycles. The number of hydrogen-bond donors (Lipinski definition) is 3. The number of benzene rings is 2. The second-order valence-corrected chi connectivity index (χ2v) is 12.9. The predicted molar refractivity (Wildman–Crippen MR) is 164 cm³/mol. The van der Waals surface area contributed by atoms with E-state index in [0.717, 1.165) is 24.3 Å². The van der Waals surface area contributed by atoms with Crippen molar-refractivity contribution in [3.63, 3.8) is 0 Å². The van der Waals surface area contributed by atoms with E-state index in [9.17, 15) is 41.0 Å². The van der Waals surface area contributed by atoms with Gasteiger partial charge >= 0.3 is 6.18 Å². The van der Waals surface area contributed by atoms with Gasteiger partial charge in [-0.3, -0.25) is 14.3 Å². The maximum Gasteiger partial charge on any atom is 0.435 e. The summed E-state index contributed by atoms with van der Waals surface area (Å²) < 4.78 is 115. The highest BCUT2D eigenvalue weighted by atomic mass is 19.4. The van der Waals surface area contributed by atoms with Gasteiger partial charge in [0.25, 0.3) is 11.8 Å². The number of nitrogens with one attached hydrogen (secondary N) is 1. The van der Waals surface area contributed by atoms with Gasteiger partial charge in [0.15, 0.2) is 5.69 Å². The molecule has 1 saturated carbocycles. The molecule has 2 amide bonds. The summed E-state index contributed by atoms with van der Waals surface area (Å²) in [7, 11) is 0. The van der Waals surface area contributed by atoms with Crippen molar-refractivity contribution < 1.29 is 49.8 Å². The molecular formula is C35H27F8N5O3. The second kappa shape index (κ2) is 12.5. The summed E-state index contributed by atoms with van der Waals surface area (Å²) in [6, 6.07) is 7.20. The summed E-state index contributed by atoms with van der Waals surface area (Å²) in [4.78, 5) is 30.1. The van der Waals surface area contributed by atoms with Gasteiger partial charge in [0.2, 0.25) is 5.91 Å². The van der Waals surface area contributed by atoms with Crippen molar-refractivity contribution in [3.8, 4) is 23.0 Å². The Morgan fingerprint density at radius 2 is 1.76 bits per heavy atom. The topological polar surface area (TPSA) is 123 Å². The fraction of sp³-hybridized carbons (Fsp3) is 0.314. The van der Waals surface area contributed by atoms with E-state index in [4.69, 9.17) is 5.73 Å². The van der Waals surface area contributed by atoms with E-state index in [2.05, 4.69) is 27.2 Å². The Bertz CT molecular complexity index is 2130. The SMILES string of the molecule is CC(C)(O)C#Cc1ccc(-c2ccc(F)c(C(N)=O)c2)c(C(Cc2cc(F)cc(F)c2)NC(=O)Cn2nc(C(F)(F)F)c3c2C(F)(F)[C@@H]2C[C@H]32)n1. The van der Waals surface area contributed by atoms with Crippen LogP contribution in [0.2, 0.25) is 0 Å².